The van der Waals surface area contributed by atoms with Crippen molar-refractivity contribution in [1.29, 1.82) is 0 Å². The Hall–Kier alpha value is -0.513. The molecule has 0 heterocycles. The summed E-state index contributed by atoms with van der Waals surface area (Å²) in [5.74, 6) is 0. The van der Waals surface area contributed by atoms with Gasteiger partial charge in [-0.2, -0.15) is 0 Å². The third kappa shape index (κ3) is 15.4. The van der Waals surface area contributed by atoms with Gasteiger partial charge in [-0.3, -0.25) is 0 Å². The minimum Gasteiger partial charge on any atom is -0.435 e. The fourth-order valence-electron chi connectivity index (χ4n) is 1.70. The smallest absolute Gasteiger partial charge is 0.435 e. The van der Waals surface area contributed by atoms with Crippen molar-refractivity contribution in [3.05, 3.63) is 0 Å². The highest BCUT2D eigenvalue weighted by Gasteiger charge is 2.14. The Kier molecular flexibility index (Phi) is 11.0. The van der Waals surface area contributed by atoms with Crippen LogP contribution in [-0.4, -0.2) is 27.4 Å². The van der Waals surface area contributed by atoms with Crippen LogP contribution in [0.1, 0.15) is 51.9 Å². The molecule has 0 N–H and O–H groups in total. The van der Waals surface area contributed by atoms with Crippen molar-refractivity contribution in [2.75, 3.05) is 13.2 Å². The van der Waals surface area contributed by atoms with Gasteiger partial charge in [0.15, 0.2) is 0 Å². The number of carbonyl (C=O) groups excluding carboxylic acids is 1. The Labute approximate surface area is 120 Å². The van der Waals surface area contributed by atoms with E-state index in [1.165, 1.54) is 32.1 Å². The Morgan fingerprint density at radius 1 is 0.842 bits per heavy atom. The third-order valence-corrected chi connectivity index (χ3v) is 4.74. The Morgan fingerprint density at radius 2 is 1.37 bits per heavy atom. The van der Waals surface area contributed by atoms with E-state index in [9.17, 15) is 4.79 Å². The van der Waals surface area contributed by atoms with Crippen molar-refractivity contribution in [3.63, 3.8) is 0 Å². The van der Waals surface area contributed by atoms with Gasteiger partial charge in [0.05, 0.1) is 13.2 Å². The van der Waals surface area contributed by atoms with Crippen molar-refractivity contribution in [1.82, 2.24) is 0 Å². The molecule has 0 aliphatic carbocycles. The fraction of sp³-hybridized carbons (Fsp3) is 0.933. The molecule has 0 aromatic carbocycles. The van der Waals surface area contributed by atoms with E-state index < -0.39 is 14.2 Å². The van der Waals surface area contributed by atoms with E-state index >= 15 is 0 Å². The summed E-state index contributed by atoms with van der Waals surface area (Å²) in [5, 5.41) is 0. The Morgan fingerprint density at radius 3 is 1.95 bits per heavy atom. The lowest BCUT2D eigenvalue weighted by Crippen LogP contribution is -2.23. The van der Waals surface area contributed by atoms with E-state index in [0.717, 1.165) is 18.9 Å². The zero-order chi connectivity index (χ0) is 14.6. The van der Waals surface area contributed by atoms with Crippen LogP contribution in [-0.2, 0) is 9.47 Å². The van der Waals surface area contributed by atoms with E-state index in [0.29, 0.717) is 13.2 Å². The lowest BCUT2D eigenvalue weighted by atomic mass is 10.1. The molecule has 0 aliphatic rings. The lowest BCUT2D eigenvalue weighted by Gasteiger charge is -2.15. The normalized spacial score (nSPS) is 11.4. The molecular formula is C15H32O3Si. The highest BCUT2D eigenvalue weighted by molar-refractivity contribution is 6.76. The predicted octanol–water partition coefficient (Wildman–Crippen LogP) is 5.23. The molecule has 3 nitrogen and oxygen atoms in total. The van der Waals surface area contributed by atoms with Crippen LogP contribution >= 0.6 is 0 Å². The summed E-state index contributed by atoms with van der Waals surface area (Å²) in [6, 6.07) is 1.000. The summed E-state index contributed by atoms with van der Waals surface area (Å²) >= 11 is 0. The quantitative estimate of drug-likeness (QED) is 0.297. The molecule has 0 bridgehead atoms. The van der Waals surface area contributed by atoms with Crippen LogP contribution in [0.4, 0.5) is 4.79 Å². The summed E-state index contributed by atoms with van der Waals surface area (Å²) in [7, 11) is -1.12. The third-order valence-electron chi connectivity index (χ3n) is 3.04. The summed E-state index contributed by atoms with van der Waals surface area (Å²) in [6.45, 7) is 10.0. The van der Waals surface area contributed by atoms with Crippen molar-refractivity contribution >= 4 is 14.2 Å². The first kappa shape index (κ1) is 18.5. The number of rotatable bonds is 11. The summed E-state index contributed by atoms with van der Waals surface area (Å²) < 4.78 is 10.1. The van der Waals surface area contributed by atoms with Gasteiger partial charge < -0.3 is 9.47 Å². The molecule has 0 spiro atoms. The van der Waals surface area contributed by atoms with Gasteiger partial charge in [-0.25, -0.2) is 4.79 Å². The SMILES string of the molecule is CCCCCCCCCOC(=O)OCC[Si](C)(C)C. The van der Waals surface area contributed by atoms with Crippen LogP contribution in [0.3, 0.4) is 0 Å². The van der Waals surface area contributed by atoms with E-state index in [4.69, 9.17) is 9.47 Å². The molecule has 0 aromatic rings. The van der Waals surface area contributed by atoms with Gasteiger partial charge in [-0.15, -0.1) is 0 Å². The number of unbranched alkanes of at least 4 members (excludes halogenated alkanes) is 6. The van der Waals surface area contributed by atoms with Gasteiger partial charge in [0.1, 0.15) is 0 Å². The minimum absolute atomic E-state index is 0.496. The van der Waals surface area contributed by atoms with E-state index in [1.54, 1.807) is 0 Å². The van der Waals surface area contributed by atoms with Crippen LogP contribution in [0, 0.1) is 0 Å². The van der Waals surface area contributed by atoms with Gasteiger partial charge in [-0.1, -0.05) is 65.1 Å². The zero-order valence-corrected chi connectivity index (χ0v) is 14.3. The van der Waals surface area contributed by atoms with Crippen LogP contribution in [0.25, 0.3) is 0 Å². The molecule has 0 rings (SSSR count). The number of carbonyl (C=O) groups is 1. The number of hydrogen-bond acceptors (Lipinski definition) is 3. The molecule has 0 atom stereocenters. The van der Waals surface area contributed by atoms with Gasteiger partial charge in [0, 0.05) is 8.07 Å². The average molecular weight is 289 g/mol. The predicted molar refractivity (Wildman–Crippen MR) is 83.4 cm³/mol. The monoisotopic (exact) mass is 288 g/mol. The first-order valence-electron chi connectivity index (χ1n) is 7.75. The lowest BCUT2D eigenvalue weighted by molar-refractivity contribution is 0.0576. The highest BCUT2D eigenvalue weighted by atomic mass is 28.3. The first-order chi connectivity index (χ1) is 8.95. The molecule has 0 aromatic heterocycles. The highest BCUT2D eigenvalue weighted by Crippen LogP contribution is 2.09. The minimum atomic E-state index is -1.12. The molecule has 4 heteroatoms. The molecule has 0 aliphatic heterocycles. The number of ether oxygens (including phenoxy) is 2. The summed E-state index contributed by atoms with van der Waals surface area (Å²) in [5.41, 5.74) is 0. The molecule has 0 saturated carbocycles. The molecule has 19 heavy (non-hydrogen) atoms. The van der Waals surface area contributed by atoms with Crippen molar-refractivity contribution in [2.24, 2.45) is 0 Å². The Bertz CT molecular complexity index is 224. The van der Waals surface area contributed by atoms with E-state index in [2.05, 4.69) is 26.6 Å². The maximum Gasteiger partial charge on any atom is 0.508 e. The molecule has 114 valence electrons. The van der Waals surface area contributed by atoms with E-state index in [-0.39, 0.29) is 0 Å². The maximum absolute atomic E-state index is 11.3. The molecule has 0 amide bonds. The molecule has 0 saturated heterocycles. The second kappa shape index (κ2) is 11.3. The summed E-state index contributed by atoms with van der Waals surface area (Å²) in [6.07, 6.45) is 8.09. The number of hydrogen-bond donors (Lipinski definition) is 0. The van der Waals surface area contributed by atoms with Gasteiger partial charge in [0.2, 0.25) is 0 Å². The van der Waals surface area contributed by atoms with Crippen LogP contribution in [0.5, 0.6) is 0 Å². The van der Waals surface area contributed by atoms with Crippen molar-refractivity contribution in [3.8, 4) is 0 Å². The summed E-state index contributed by atoms with van der Waals surface area (Å²) in [4.78, 5) is 11.3. The standard InChI is InChI=1S/C15H32O3Si/c1-5-6-7-8-9-10-11-12-17-15(16)18-13-14-19(2,3)4/h5-14H2,1-4H3. The molecular weight excluding hydrogens is 256 g/mol. The molecule has 0 radical (unpaired) electrons. The van der Waals surface area contributed by atoms with Crippen LogP contribution in [0.2, 0.25) is 25.7 Å². The zero-order valence-electron chi connectivity index (χ0n) is 13.3. The molecule has 0 unspecified atom stereocenters. The van der Waals surface area contributed by atoms with Gasteiger partial charge >= 0.3 is 6.16 Å². The molecule has 0 fully saturated rings. The largest absolute Gasteiger partial charge is 0.508 e. The first-order valence-corrected chi connectivity index (χ1v) is 11.5. The van der Waals surface area contributed by atoms with Crippen molar-refractivity contribution in [2.45, 2.75) is 77.6 Å². The van der Waals surface area contributed by atoms with Gasteiger partial charge in [-0.05, 0) is 12.5 Å². The van der Waals surface area contributed by atoms with E-state index in [1.807, 2.05) is 0 Å². The van der Waals surface area contributed by atoms with Crippen molar-refractivity contribution < 1.29 is 14.3 Å². The van der Waals surface area contributed by atoms with Crippen LogP contribution < -0.4 is 0 Å². The second-order valence-corrected chi connectivity index (χ2v) is 12.0. The van der Waals surface area contributed by atoms with Gasteiger partial charge in [0.25, 0.3) is 0 Å². The topological polar surface area (TPSA) is 35.5 Å². The average Bonchev–Trinajstić information content (AvgIpc) is 2.31. The van der Waals surface area contributed by atoms with Crippen LogP contribution in [0.15, 0.2) is 0 Å². The Balaban J connectivity index is 3.25. The fourth-order valence-corrected chi connectivity index (χ4v) is 2.41. The maximum atomic E-state index is 11.3. The second-order valence-electron chi connectivity index (χ2n) is 6.38.